The van der Waals surface area contributed by atoms with Crippen LogP contribution < -0.4 is 5.32 Å². The normalized spacial score (nSPS) is 23.1. The molecule has 0 aromatic heterocycles. The maximum atomic E-state index is 9.26. The van der Waals surface area contributed by atoms with E-state index in [-0.39, 0.29) is 12.6 Å². The minimum Gasteiger partial charge on any atom is -0.395 e. The highest BCUT2D eigenvalue weighted by molar-refractivity contribution is 4.77. The van der Waals surface area contributed by atoms with Gasteiger partial charge in [-0.05, 0) is 44.8 Å². The van der Waals surface area contributed by atoms with Gasteiger partial charge in [-0.3, -0.25) is 0 Å². The number of rotatable bonds is 9. The highest BCUT2D eigenvalue weighted by Crippen LogP contribution is 2.16. The van der Waals surface area contributed by atoms with Crippen molar-refractivity contribution in [2.75, 3.05) is 46.5 Å². The average Bonchev–Trinajstić information content (AvgIpc) is 2.78. The van der Waals surface area contributed by atoms with Crippen LogP contribution in [0, 0.1) is 5.92 Å². The lowest BCUT2D eigenvalue weighted by molar-refractivity contribution is 0.151. The molecule has 4 heteroatoms. The molecule has 0 saturated carbocycles. The van der Waals surface area contributed by atoms with Crippen molar-refractivity contribution in [2.24, 2.45) is 5.92 Å². The molecule has 1 saturated heterocycles. The number of aliphatic hydroxyl groups is 1. The molecule has 102 valence electrons. The van der Waals surface area contributed by atoms with Crippen molar-refractivity contribution >= 4 is 0 Å². The van der Waals surface area contributed by atoms with Crippen molar-refractivity contribution in [3.8, 4) is 0 Å². The van der Waals surface area contributed by atoms with Gasteiger partial charge in [0.05, 0.1) is 13.2 Å². The third kappa shape index (κ3) is 5.82. The summed E-state index contributed by atoms with van der Waals surface area (Å²) in [6, 6.07) is 0.261. The van der Waals surface area contributed by atoms with Crippen molar-refractivity contribution < 1.29 is 9.84 Å². The zero-order valence-electron chi connectivity index (χ0n) is 11.3. The lowest BCUT2D eigenvalue weighted by Gasteiger charge is -2.21. The molecule has 1 aliphatic rings. The summed E-state index contributed by atoms with van der Waals surface area (Å²) >= 11 is 0. The average molecular weight is 244 g/mol. The fourth-order valence-corrected chi connectivity index (χ4v) is 2.43. The predicted molar refractivity (Wildman–Crippen MR) is 70.2 cm³/mol. The van der Waals surface area contributed by atoms with Gasteiger partial charge in [0.1, 0.15) is 0 Å². The van der Waals surface area contributed by atoms with Crippen LogP contribution in [-0.4, -0.2) is 62.6 Å². The zero-order chi connectivity index (χ0) is 12.5. The van der Waals surface area contributed by atoms with Gasteiger partial charge in [0, 0.05) is 19.7 Å². The molecule has 17 heavy (non-hydrogen) atoms. The Bertz CT molecular complexity index is 190. The SMILES string of the molecule is CCCNC(CO)CCN1CCC(COC)C1. The summed E-state index contributed by atoms with van der Waals surface area (Å²) in [4.78, 5) is 2.49. The first-order valence-corrected chi connectivity index (χ1v) is 6.85. The molecule has 1 fully saturated rings. The van der Waals surface area contributed by atoms with Crippen LogP contribution in [0.3, 0.4) is 0 Å². The monoisotopic (exact) mass is 244 g/mol. The molecule has 0 spiro atoms. The van der Waals surface area contributed by atoms with E-state index in [0.29, 0.717) is 5.92 Å². The molecular formula is C13H28N2O2. The van der Waals surface area contributed by atoms with Crippen molar-refractivity contribution in [1.82, 2.24) is 10.2 Å². The molecule has 1 aliphatic heterocycles. The fraction of sp³-hybridized carbons (Fsp3) is 1.00. The molecule has 0 aliphatic carbocycles. The van der Waals surface area contributed by atoms with E-state index in [9.17, 15) is 5.11 Å². The van der Waals surface area contributed by atoms with Gasteiger partial charge in [-0.25, -0.2) is 0 Å². The minimum absolute atomic E-state index is 0.245. The van der Waals surface area contributed by atoms with Gasteiger partial charge < -0.3 is 20.1 Å². The van der Waals surface area contributed by atoms with Crippen LogP contribution in [0.2, 0.25) is 0 Å². The lowest BCUT2D eigenvalue weighted by atomic mass is 10.1. The van der Waals surface area contributed by atoms with Gasteiger partial charge in [0.2, 0.25) is 0 Å². The Morgan fingerprint density at radius 2 is 2.35 bits per heavy atom. The number of hydrogen-bond acceptors (Lipinski definition) is 4. The largest absolute Gasteiger partial charge is 0.395 e. The number of methoxy groups -OCH3 is 1. The minimum atomic E-state index is 0.245. The van der Waals surface area contributed by atoms with Crippen LogP contribution in [0.5, 0.6) is 0 Å². The van der Waals surface area contributed by atoms with E-state index in [1.165, 1.54) is 13.0 Å². The summed E-state index contributed by atoms with van der Waals surface area (Å²) < 4.78 is 5.19. The molecule has 0 amide bonds. The fourth-order valence-electron chi connectivity index (χ4n) is 2.43. The molecule has 0 bridgehead atoms. The van der Waals surface area contributed by atoms with E-state index in [1.807, 2.05) is 0 Å². The molecule has 0 radical (unpaired) electrons. The highest BCUT2D eigenvalue weighted by Gasteiger charge is 2.22. The number of hydrogen-bond donors (Lipinski definition) is 2. The van der Waals surface area contributed by atoms with Gasteiger partial charge in [-0.15, -0.1) is 0 Å². The van der Waals surface area contributed by atoms with Crippen LogP contribution in [0.15, 0.2) is 0 Å². The summed E-state index contributed by atoms with van der Waals surface area (Å²) in [7, 11) is 1.78. The number of nitrogens with zero attached hydrogens (tertiary/aromatic N) is 1. The Labute approximate surface area is 105 Å². The van der Waals surface area contributed by atoms with Gasteiger partial charge >= 0.3 is 0 Å². The number of aliphatic hydroxyl groups excluding tert-OH is 1. The van der Waals surface area contributed by atoms with Gasteiger partial charge in [-0.2, -0.15) is 0 Å². The molecule has 1 rings (SSSR count). The van der Waals surface area contributed by atoms with Crippen molar-refractivity contribution in [3.63, 3.8) is 0 Å². The Morgan fingerprint density at radius 3 is 3.00 bits per heavy atom. The second-order valence-electron chi connectivity index (χ2n) is 5.03. The first kappa shape index (κ1) is 14.9. The van der Waals surface area contributed by atoms with E-state index in [0.717, 1.165) is 39.1 Å². The maximum absolute atomic E-state index is 9.26. The third-order valence-corrected chi connectivity index (χ3v) is 3.47. The van der Waals surface area contributed by atoms with Crippen LogP contribution in [-0.2, 0) is 4.74 Å². The summed E-state index contributed by atoms with van der Waals surface area (Å²) in [5, 5.41) is 12.6. The van der Waals surface area contributed by atoms with E-state index in [2.05, 4.69) is 17.1 Å². The zero-order valence-corrected chi connectivity index (χ0v) is 11.3. The second-order valence-corrected chi connectivity index (χ2v) is 5.03. The standard InChI is InChI=1S/C13H28N2O2/c1-3-6-14-13(10-16)5-8-15-7-4-12(9-15)11-17-2/h12-14,16H,3-11H2,1-2H3. The van der Waals surface area contributed by atoms with Crippen molar-refractivity contribution in [2.45, 2.75) is 32.2 Å². The van der Waals surface area contributed by atoms with Crippen molar-refractivity contribution in [1.29, 1.82) is 0 Å². The molecule has 0 aromatic carbocycles. The summed E-state index contributed by atoms with van der Waals surface area (Å²) in [6.45, 7) is 7.69. The summed E-state index contributed by atoms with van der Waals surface area (Å²) in [5.74, 6) is 0.705. The van der Waals surface area contributed by atoms with E-state index in [4.69, 9.17) is 4.74 Å². The molecule has 2 atom stereocenters. The molecule has 0 aromatic rings. The Balaban J connectivity index is 2.12. The topological polar surface area (TPSA) is 44.7 Å². The first-order valence-electron chi connectivity index (χ1n) is 6.85. The highest BCUT2D eigenvalue weighted by atomic mass is 16.5. The number of nitrogens with one attached hydrogen (secondary N) is 1. The number of likely N-dealkylation sites (tertiary alicyclic amines) is 1. The smallest absolute Gasteiger partial charge is 0.0585 e. The van der Waals surface area contributed by atoms with E-state index < -0.39 is 0 Å². The van der Waals surface area contributed by atoms with Crippen LogP contribution in [0.4, 0.5) is 0 Å². The third-order valence-electron chi connectivity index (χ3n) is 3.47. The van der Waals surface area contributed by atoms with Gasteiger partial charge in [-0.1, -0.05) is 6.92 Å². The predicted octanol–water partition coefficient (Wildman–Crippen LogP) is 0.705. The summed E-state index contributed by atoms with van der Waals surface area (Å²) in [6.07, 6.45) is 3.41. The molecule has 2 N–H and O–H groups in total. The van der Waals surface area contributed by atoms with E-state index >= 15 is 0 Å². The van der Waals surface area contributed by atoms with Crippen LogP contribution in [0.25, 0.3) is 0 Å². The Hall–Kier alpha value is -0.160. The second kappa shape index (κ2) is 8.86. The summed E-state index contributed by atoms with van der Waals surface area (Å²) in [5.41, 5.74) is 0. The quantitative estimate of drug-likeness (QED) is 0.627. The van der Waals surface area contributed by atoms with E-state index in [1.54, 1.807) is 7.11 Å². The van der Waals surface area contributed by atoms with Crippen molar-refractivity contribution in [3.05, 3.63) is 0 Å². The van der Waals surface area contributed by atoms with Crippen LogP contribution >= 0.6 is 0 Å². The van der Waals surface area contributed by atoms with Crippen LogP contribution in [0.1, 0.15) is 26.2 Å². The molecule has 2 unspecified atom stereocenters. The van der Waals surface area contributed by atoms with Gasteiger partial charge in [0.15, 0.2) is 0 Å². The van der Waals surface area contributed by atoms with Gasteiger partial charge in [0.25, 0.3) is 0 Å². The lowest BCUT2D eigenvalue weighted by Crippen LogP contribution is -2.36. The number of ether oxygens (including phenoxy) is 1. The first-order chi connectivity index (χ1) is 8.30. The maximum Gasteiger partial charge on any atom is 0.0585 e. The molecule has 1 heterocycles. The molecular weight excluding hydrogens is 216 g/mol. The molecule has 4 nitrogen and oxygen atoms in total. The Morgan fingerprint density at radius 1 is 1.53 bits per heavy atom. The Kier molecular flexibility index (Phi) is 7.77.